The molecule has 4 rings (SSSR count). The molecule has 1 saturated heterocycles. The second-order valence-corrected chi connectivity index (χ2v) is 7.15. The highest BCUT2D eigenvalue weighted by Gasteiger charge is 2.32. The van der Waals surface area contributed by atoms with E-state index >= 15 is 0 Å². The third kappa shape index (κ3) is 3.85. The molecule has 0 aliphatic carbocycles. The molecular formula is C22H23FN4O2. The molecule has 3 aromatic rings. The topological polar surface area (TPSA) is 67.3 Å². The van der Waals surface area contributed by atoms with E-state index in [9.17, 15) is 9.18 Å². The molecule has 2 heterocycles. The zero-order valence-electron chi connectivity index (χ0n) is 16.5. The smallest absolute Gasteiger partial charge is 0.243 e. The molecule has 150 valence electrons. The number of aryl methyl sites for hydroxylation is 1. The standard InChI is InChI=1S/C22H23FN4O2/c1-14-17-12-16(23)9-10-18(17)26-22(25-14)27-11-5-7-19(27)21(28)24-13-15-6-3-4-8-20(15)29-2/h3-4,6,8-10,12,19H,5,7,11,13H2,1-2H3,(H,24,28)/t19-/m1/s1. The number of rotatable bonds is 5. The van der Waals surface area contributed by atoms with Crippen LogP contribution in [0.15, 0.2) is 42.5 Å². The summed E-state index contributed by atoms with van der Waals surface area (Å²) >= 11 is 0. The first-order chi connectivity index (χ1) is 14.1. The van der Waals surface area contributed by atoms with Crippen LogP contribution < -0.4 is 15.0 Å². The van der Waals surface area contributed by atoms with Gasteiger partial charge < -0.3 is 15.0 Å². The Morgan fingerprint density at radius 1 is 1.28 bits per heavy atom. The van der Waals surface area contributed by atoms with E-state index in [1.165, 1.54) is 12.1 Å². The van der Waals surface area contributed by atoms with Crippen LogP contribution >= 0.6 is 0 Å². The van der Waals surface area contributed by atoms with E-state index in [2.05, 4.69) is 15.3 Å². The van der Waals surface area contributed by atoms with E-state index in [0.717, 1.165) is 24.2 Å². The van der Waals surface area contributed by atoms with Crippen LogP contribution in [0, 0.1) is 12.7 Å². The molecule has 1 aliphatic rings. The summed E-state index contributed by atoms with van der Waals surface area (Å²) in [6.45, 7) is 2.93. The number of amides is 1. The maximum Gasteiger partial charge on any atom is 0.243 e. The number of hydrogen-bond acceptors (Lipinski definition) is 5. The normalized spacial score (nSPS) is 16.2. The number of aromatic nitrogens is 2. The van der Waals surface area contributed by atoms with Gasteiger partial charge in [-0.15, -0.1) is 0 Å². The lowest BCUT2D eigenvalue weighted by Crippen LogP contribution is -2.43. The van der Waals surface area contributed by atoms with E-state index < -0.39 is 0 Å². The lowest BCUT2D eigenvalue weighted by molar-refractivity contribution is -0.122. The van der Waals surface area contributed by atoms with Gasteiger partial charge in [-0.2, -0.15) is 0 Å². The zero-order chi connectivity index (χ0) is 20.4. The van der Waals surface area contributed by atoms with Crippen LogP contribution in [0.3, 0.4) is 0 Å². The van der Waals surface area contributed by atoms with Gasteiger partial charge in [-0.25, -0.2) is 14.4 Å². The van der Waals surface area contributed by atoms with Crippen molar-refractivity contribution in [2.75, 3.05) is 18.6 Å². The quantitative estimate of drug-likeness (QED) is 0.719. The lowest BCUT2D eigenvalue weighted by Gasteiger charge is -2.24. The number of para-hydroxylation sites is 1. The second kappa shape index (κ2) is 8.03. The summed E-state index contributed by atoms with van der Waals surface area (Å²) in [6.07, 6.45) is 1.62. The first kappa shape index (κ1) is 19.1. The first-order valence-corrected chi connectivity index (χ1v) is 9.67. The highest BCUT2D eigenvalue weighted by atomic mass is 19.1. The van der Waals surface area contributed by atoms with Crippen LogP contribution in [0.5, 0.6) is 5.75 Å². The van der Waals surface area contributed by atoms with Gasteiger partial charge in [-0.1, -0.05) is 18.2 Å². The minimum atomic E-state index is -0.331. The van der Waals surface area contributed by atoms with Crippen LogP contribution in [-0.2, 0) is 11.3 Å². The fourth-order valence-corrected chi connectivity index (χ4v) is 3.79. The number of fused-ring (bicyclic) bond motifs is 1. The third-order valence-electron chi connectivity index (χ3n) is 5.29. The van der Waals surface area contributed by atoms with Crippen LogP contribution in [-0.4, -0.2) is 35.6 Å². The summed E-state index contributed by atoms with van der Waals surface area (Å²) in [4.78, 5) is 24.0. The SMILES string of the molecule is COc1ccccc1CNC(=O)[C@H]1CCCN1c1nc(C)c2cc(F)ccc2n1. The summed E-state index contributed by atoms with van der Waals surface area (Å²) < 4.78 is 18.9. The molecule has 1 N–H and O–H groups in total. The summed E-state index contributed by atoms with van der Waals surface area (Å²) in [5.41, 5.74) is 2.30. The molecule has 0 unspecified atom stereocenters. The van der Waals surface area contributed by atoms with Crippen molar-refractivity contribution in [3.63, 3.8) is 0 Å². The van der Waals surface area contributed by atoms with Gasteiger partial charge in [0.25, 0.3) is 0 Å². The van der Waals surface area contributed by atoms with Gasteiger partial charge in [0, 0.05) is 24.0 Å². The summed E-state index contributed by atoms with van der Waals surface area (Å²) in [5, 5.41) is 3.69. The Balaban J connectivity index is 1.53. The Morgan fingerprint density at radius 2 is 2.10 bits per heavy atom. The predicted molar refractivity (Wildman–Crippen MR) is 109 cm³/mol. The predicted octanol–water partition coefficient (Wildman–Crippen LogP) is 3.37. The molecule has 6 nitrogen and oxygen atoms in total. The maximum atomic E-state index is 13.5. The molecule has 1 amide bonds. The van der Waals surface area contributed by atoms with E-state index in [1.54, 1.807) is 13.2 Å². The van der Waals surface area contributed by atoms with Crippen LogP contribution in [0.25, 0.3) is 10.9 Å². The molecular weight excluding hydrogens is 371 g/mol. The number of halogens is 1. The van der Waals surface area contributed by atoms with E-state index in [-0.39, 0.29) is 17.8 Å². The molecule has 1 aliphatic heterocycles. The molecule has 7 heteroatoms. The van der Waals surface area contributed by atoms with Gasteiger partial charge in [-0.3, -0.25) is 4.79 Å². The average molecular weight is 394 g/mol. The Kier molecular flexibility index (Phi) is 5.29. The van der Waals surface area contributed by atoms with E-state index in [1.807, 2.05) is 36.1 Å². The number of hydrogen-bond donors (Lipinski definition) is 1. The van der Waals surface area contributed by atoms with E-state index in [0.29, 0.717) is 35.6 Å². The molecule has 2 aromatic carbocycles. The van der Waals surface area contributed by atoms with Crippen LogP contribution in [0.2, 0.25) is 0 Å². The zero-order valence-corrected chi connectivity index (χ0v) is 16.5. The number of methoxy groups -OCH3 is 1. The van der Waals surface area contributed by atoms with Crippen molar-refractivity contribution in [3.05, 3.63) is 59.5 Å². The number of carbonyl (C=O) groups excluding carboxylic acids is 1. The van der Waals surface area contributed by atoms with Gasteiger partial charge in [-0.05, 0) is 44.0 Å². The van der Waals surface area contributed by atoms with Gasteiger partial charge in [0.05, 0.1) is 18.3 Å². The fraction of sp³-hybridized carbons (Fsp3) is 0.318. The fourth-order valence-electron chi connectivity index (χ4n) is 3.79. The number of nitrogens with zero attached hydrogens (tertiary/aromatic N) is 3. The summed E-state index contributed by atoms with van der Waals surface area (Å²) in [5.74, 6) is 0.883. The molecule has 0 saturated carbocycles. The highest BCUT2D eigenvalue weighted by Crippen LogP contribution is 2.26. The molecule has 1 atom stereocenters. The van der Waals surface area contributed by atoms with Crippen molar-refractivity contribution in [1.82, 2.24) is 15.3 Å². The molecule has 1 fully saturated rings. The van der Waals surface area contributed by atoms with Crippen molar-refractivity contribution < 1.29 is 13.9 Å². The molecule has 0 bridgehead atoms. The van der Waals surface area contributed by atoms with E-state index in [4.69, 9.17) is 4.74 Å². The van der Waals surface area contributed by atoms with Gasteiger partial charge in [0.15, 0.2) is 0 Å². The number of benzene rings is 2. The lowest BCUT2D eigenvalue weighted by atomic mass is 10.1. The Bertz CT molecular complexity index is 1060. The highest BCUT2D eigenvalue weighted by molar-refractivity contribution is 5.86. The van der Waals surface area contributed by atoms with Gasteiger partial charge in [0.1, 0.15) is 17.6 Å². The van der Waals surface area contributed by atoms with Crippen molar-refractivity contribution in [2.45, 2.75) is 32.4 Å². The summed E-state index contributed by atoms with van der Waals surface area (Å²) in [7, 11) is 1.62. The average Bonchev–Trinajstić information content (AvgIpc) is 3.22. The number of ether oxygens (including phenoxy) is 1. The summed E-state index contributed by atoms with van der Waals surface area (Å²) in [6, 6.07) is 11.8. The number of anilines is 1. The van der Waals surface area contributed by atoms with Crippen molar-refractivity contribution in [1.29, 1.82) is 0 Å². The largest absolute Gasteiger partial charge is 0.496 e. The maximum absolute atomic E-state index is 13.5. The molecule has 1 aromatic heterocycles. The van der Waals surface area contributed by atoms with Crippen molar-refractivity contribution >= 4 is 22.8 Å². The third-order valence-corrected chi connectivity index (χ3v) is 5.29. The first-order valence-electron chi connectivity index (χ1n) is 9.67. The van der Waals surface area contributed by atoms with Gasteiger partial charge >= 0.3 is 0 Å². The van der Waals surface area contributed by atoms with Crippen molar-refractivity contribution in [2.24, 2.45) is 0 Å². The number of carbonyl (C=O) groups is 1. The second-order valence-electron chi connectivity index (χ2n) is 7.15. The molecule has 0 radical (unpaired) electrons. The Labute approximate surface area is 168 Å². The minimum Gasteiger partial charge on any atom is -0.496 e. The Hall–Kier alpha value is -3.22. The minimum absolute atomic E-state index is 0.0612. The molecule has 0 spiro atoms. The van der Waals surface area contributed by atoms with Crippen LogP contribution in [0.4, 0.5) is 10.3 Å². The Morgan fingerprint density at radius 3 is 2.93 bits per heavy atom. The van der Waals surface area contributed by atoms with Gasteiger partial charge in [0.2, 0.25) is 11.9 Å². The van der Waals surface area contributed by atoms with Crippen LogP contribution in [0.1, 0.15) is 24.1 Å². The number of nitrogens with one attached hydrogen (secondary N) is 1. The molecule has 29 heavy (non-hydrogen) atoms. The van der Waals surface area contributed by atoms with Crippen molar-refractivity contribution in [3.8, 4) is 5.75 Å². The monoisotopic (exact) mass is 394 g/mol.